The van der Waals surface area contributed by atoms with Gasteiger partial charge in [-0.05, 0) is 31.5 Å². The Morgan fingerprint density at radius 1 is 1.36 bits per heavy atom. The third-order valence-electron chi connectivity index (χ3n) is 3.33. The standard InChI is InChI=1S/C15H20FN3O2S/c1-3-9-19-12(2)11-17-15(19)7-8-18-22(20,21)14-6-4-5-13(16)10-14/h4-6,10-11,18H,3,7-9H2,1-2H3. The summed E-state index contributed by atoms with van der Waals surface area (Å²) in [5, 5.41) is 0. The number of imidazole rings is 1. The molecule has 22 heavy (non-hydrogen) atoms. The van der Waals surface area contributed by atoms with Crippen molar-refractivity contribution < 1.29 is 12.8 Å². The van der Waals surface area contributed by atoms with Crippen LogP contribution in [0.5, 0.6) is 0 Å². The lowest BCUT2D eigenvalue weighted by molar-refractivity contribution is 0.573. The van der Waals surface area contributed by atoms with Gasteiger partial charge < -0.3 is 4.57 Å². The molecule has 0 saturated carbocycles. The van der Waals surface area contributed by atoms with Gasteiger partial charge in [0.05, 0.1) is 4.90 Å². The molecule has 0 unspecified atom stereocenters. The fourth-order valence-electron chi connectivity index (χ4n) is 2.25. The zero-order valence-electron chi connectivity index (χ0n) is 12.7. The molecule has 0 saturated heterocycles. The van der Waals surface area contributed by atoms with Gasteiger partial charge in [0.15, 0.2) is 0 Å². The molecule has 1 N–H and O–H groups in total. The smallest absolute Gasteiger partial charge is 0.240 e. The molecule has 0 spiro atoms. The van der Waals surface area contributed by atoms with Gasteiger partial charge in [-0.15, -0.1) is 0 Å². The van der Waals surface area contributed by atoms with E-state index < -0.39 is 15.8 Å². The largest absolute Gasteiger partial charge is 0.332 e. The third kappa shape index (κ3) is 3.92. The number of hydrogen-bond donors (Lipinski definition) is 1. The van der Waals surface area contributed by atoms with E-state index in [1.54, 1.807) is 6.20 Å². The second-order valence-corrected chi connectivity index (χ2v) is 6.84. The molecule has 1 heterocycles. The molecule has 0 amide bonds. The van der Waals surface area contributed by atoms with Crippen molar-refractivity contribution in [2.24, 2.45) is 0 Å². The van der Waals surface area contributed by atoms with Crippen LogP contribution in [0, 0.1) is 12.7 Å². The van der Waals surface area contributed by atoms with E-state index >= 15 is 0 Å². The molecule has 120 valence electrons. The van der Waals surface area contributed by atoms with Gasteiger partial charge in [0.1, 0.15) is 11.6 Å². The number of hydrogen-bond acceptors (Lipinski definition) is 3. The zero-order chi connectivity index (χ0) is 16.2. The number of benzene rings is 1. The average Bonchev–Trinajstić information content (AvgIpc) is 2.81. The molecule has 0 atom stereocenters. The first-order chi connectivity index (χ1) is 10.4. The predicted octanol–water partition coefficient (Wildman–Crippen LogP) is 2.26. The number of aromatic nitrogens is 2. The van der Waals surface area contributed by atoms with Crippen LogP contribution in [0.4, 0.5) is 4.39 Å². The lowest BCUT2D eigenvalue weighted by Gasteiger charge is -2.10. The Morgan fingerprint density at radius 3 is 2.82 bits per heavy atom. The number of nitrogens with zero attached hydrogens (tertiary/aromatic N) is 2. The quantitative estimate of drug-likeness (QED) is 0.849. The highest BCUT2D eigenvalue weighted by Crippen LogP contribution is 2.11. The zero-order valence-corrected chi connectivity index (χ0v) is 13.5. The third-order valence-corrected chi connectivity index (χ3v) is 4.79. The summed E-state index contributed by atoms with van der Waals surface area (Å²) in [6.07, 6.45) is 3.26. The first-order valence-corrected chi connectivity index (χ1v) is 8.68. The van der Waals surface area contributed by atoms with Crippen LogP contribution in [0.3, 0.4) is 0 Å². The summed E-state index contributed by atoms with van der Waals surface area (Å²) in [5.74, 6) is 0.276. The topological polar surface area (TPSA) is 64.0 Å². The molecule has 2 rings (SSSR count). The summed E-state index contributed by atoms with van der Waals surface area (Å²) in [6.45, 7) is 5.13. The molecule has 0 bridgehead atoms. The Kier molecular flexibility index (Phi) is 5.31. The van der Waals surface area contributed by atoms with E-state index in [1.165, 1.54) is 18.2 Å². The molecule has 2 aromatic rings. The van der Waals surface area contributed by atoms with Crippen LogP contribution >= 0.6 is 0 Å². The number of rotatable bonds is 7. The molecular formula is C15H20FN3O2S. The average molecular weight is 325 g/mol. The maximum Gasteiger partial charge on any atom is 0.240 e. The van der Waals surface area contributed by atoms with Gasteiger partial charge >= 0.3 is 0 Å². The van der Waals surface area contributed by atoms with Gasteiger partial charge in [0.2, 0.25) is 10.0 Å². The van der Waals surface area contributed by atoms with Crippen molar-refractivity contribution in [3.63, 3.8) is 0 Å². The summed E-state index contributed by atoms with van der Waals surface area (Å²) >= 11 is 0. The van der Waals surface area contributed by atoms with Gasteiger partial charge in [-0.3, -0.25) is 0 Å². The summed E-state index contributed by atoms with van der Waals surface area (Å²) in [5.41, 5.74) is 1.06. The van der Waals surface area contributed by atoms with E-state index in [0.717, 1.165) is 30.6 Å². The maximum atomic E-state index is 13.1. The van der Waals surface area contributed by atoms with E-state index in [-0.39, 0.29) is 11.4 Å². The Balaban J connectivity index is 2.02. The normalized spacial score (nSPS) is 11.8. The molecule has 1 aromatic heterocycles. The van der Waals surface area contributed by atoms with Crippen molar-refractivity contribution in [1.82, 2.24) is 14.3 Å². The van der Waals surface area contributed by atoms with Crippen molar-refractivity contribution in [2.45, 2.75) is 38.1 Å². The van der Waals surface area contributed by atoms with E-state index in [0.29, 0.717) is 6.42 Å². The van der Waals surface area contributed by atoms with Gasteiger partial charge in [0.25, 0.3) is 0 Å². The van der Waals surface area contributed by atoms with E-state index in [1.807, 2.05) is 6.92 Å². The second kappa shape index (κ2) is 7.02. The minimum absolute atomic E-state index is 0.0689. The highest BCUT2D eigenvalue weighted by atomic mass is 32.2. The van der Waals surface area contributed by atoms with E-state index in [9.17, 15) is 12.8 Å². The van der Waals surface area contributed by atoms with Crippen molar-refractivity contribution >= 4 is 10.0 Å². The molecule has 0 fully saturated rings. The van der Waals surface area contributed by atoms with Gasteiger partial charge in [-0.25, -0.2) is 22.5 Å². The SMILES string of the molecule is CCCn1c(C)cnc1CCNS(=O)(=O)c1cccc(F)c1. The highest BCUT2D eigenvalue weighted by Gasteiger charge is 2.15. The molecule has 0 radical (unpaired) electrons. The Labute approximate surface area is 130 Å². The minimum atomic E-state index is -3.70. The van der Waals surface area contributed by atoms with Crippen molar-refractivity contribution in [1.29, 1.82) is 0 Å². The summed E-state index contributed by atoms with van der Waals surface area (Å²) in [4.78, 5) is 4.24. The van der Waals surface area contributed by atoms with Crippen molar-refractivity contribution in [3.8, 4) is 0 Å². The Bertz CT molecular complexity index is 741. The summed E-state index contributed by atoms with van der Waals surface area (Å²) in [6, 6.07) is 4.96. The van der Waals surface area contributed by atoms with E-state index in [4.69, 9.17) is 0 Å². The lowest BCUT2D eigenvalue weighted by Crippen LogP contribution is -2.27. The minimum Gasteiger partial charge on any atom is -0.332 e. The second-order valence-electron chi connectivity index (χ2n) is 5.07. The Morgan fingerprint density at radius 2 is 2.14 bits per heavy atom. The number of halogens is 1. The monoisotopic (exact) mass is 325 g/mol. The fourth-order valence-corrected chi connectivity index (χ4v) is 3.32. The molecule has 1 aromatic carbocycles. The molecule has 0 aliphatic rings. The Hall–Kier alpha value is -1.73. The van der Waals surface area contributed by atoms with Crippen molar-refractivity contribution in [2.75, 3.05) is 6.54 Å². The molecule has 5 nitrogen and oxygen atoms in total. The fraction of sp³-hybridized carbons (Fsp3) is 0.400. The number of sulfonamides is 1. The first-order valence-electron chi connectivity index (χ1n) is 7.20. The van der Waals surface area contributed by atoms with E-state index in [2.05, 4.69) is 21.2 Å². The lowest BCUT2D eigenvalue weighted by atomic mass is 10.3. The van der Waals surface area contributed by atoms with Crippen LogP contribution in [0.15, 0.2) is 35.4 Å². The van der Waals surface area contributed by atoms with Crippen LogP contribution in [0.2, 0.25) is 0 Å². The molecule has 0 aliphatic heterocycles. The number of nitrogens with one attached hydrogen (secondary N) is 1. The van der Waals surface area contributed by atoms with Crippen LogP contribution in [-0.4, -0.2) is 24.5 Å². The van der Waals surface area contributed by atoms with Crippen molar-refractivity contribution in [3.05, 3.63) is 47.8 Å². The molecule has 0 aliphatic carbocycles. The van der Waals surface area contributed by atoms with Crippen LogP contribution < -0.4 is 4.72 Å². The van der Waals surface area contributed by atoms with Gasteiger partial charge in [-0.2, -0.15) is 0 Å². The maximum absolute atomic E-state index is 13.1. The van der Waals surface area contributed by atoms with Crippen LogP contribution in [0.25, 0.3) is 0 Å². The number of aryl methyl sites for hydroxylation is 1. The van der Waals surface area contributed by atoms with Crippen LogP contribution in [0.1, 0.15) is 24.9 Å². The first kappa shape index (κ1) is 16.6. The summed E-state index contributed by atoms with van der Waals surface area (Å²) in [7, 11) is -3.70. The highest BCUT2D eigenvalue weighted by molar-refractivity contribution is 7.89. The van der Waals surface area contributed by atoms with Gasteiger partial charge in [-0.1, -0.05) is 13.0 Å². The van der Waals surface area contributed by atoms with Crippen LogP contribution in [-0.2, 0) is 23.0 Å². The molecule has 7 heteroatoms. The summed E-state index contributed by atoms with van der Waals surface area (Å²) < 4.78 is 41.9. The van der Waals surface area contributed by atoms with Gasteiger partial charge in [0, 0.05) is 31.4 Å². The molecular weight excluding hydrogens is 305 g/mol. The predicted molar refractivity (Wildman–Crippen MR) is 82.5 cm³/mol.